The Morgan fingerprint density at radius 2 is 1.89 bits per heavy atom. The van der Waals surface area contributed by atoms with E-state index in [1.54, 1.807) is 6.08 Å². The standard InChI is InChI=1S/C17H25NO/c1-8-9-10-13-14(15(2,3)4)19-18-16(5,6)11-12-17(13,18)7/h1,9-10H,11-12H2,2-7H3/b10-9-. The maximum Gasteiger partial charge on any atom is 0.135 e. The second-order valence-electron chi connectivity index (χ2n) is 7.46. The van der Waals surface area contributed by atoms with Gasteiger partial charge in [0.1, 0.15) is 5.76 Å². The number of hydrogen-bond acceptors (Lipinski definition) is 2. The molecule has 0 aromatic heterocycles. The molecule has 2 nitrogen and oxygen atoms in total. The Morgan fingerprint density at radius 1 is 1.26 bits per heavy atom. The molecule has 1 saturated heterocycles. The molecule has 0 saturated carbocycles. The molecule has 0 radical (unpaired) electrons. The summed E-state index contributed by atoms with van der Waals surface area (Å²) in [5.74, 6) is 3.65. The van der Waals surface area contributed by atoms with Crippen molar-refractivity contribution in [2.45, 2.75) is 65.5 Å². The smallest absolute Gasteiger partial charge is 0.135 e. The fourth-order valence-corrected chi connectivity index (χ4v) is 3.20. The van der Waals surface area contributed by atoms with Crippen molar-refractivity contribution in [3.05, 3.63) is 23.5 Å². The highest BCUT2D eigenvalue weighted by molar-refractivity contribution is 5.41. The van der Waals surface area contributed by atoms with Crippen LogP contribution in [0.25, 0.3) is 0 Å². The zero-order chi connectivity index (χ0) is 14.5. The average Bonchev–Trinajstić information content (AvgIpc) is 2.69. The molecule has 2 heterocycles. The van der Waals surface area contributed by atoms with Crippen LogP contribution < -0.4 is 0 Å². The summed E-state index contributed by atoms with van der Waals surface area (Å²) < 4.78 is 0. The lowest BCUT2D eigenvalue weighted by Crippen LogP contribution is -2.46. The molecule has 2 aliphatic rings. The number of nitrogens with zero attached hydrogens (tertiary/aromatic N) is 1. The van der Waals surface area contributed by atoms with E-state index in [9.17, 15) is 0 Å². The molecule has 104 valence electrons. The van der Waals surface area contributed by atoms with Crippen molar-refractivity contribution in [2.75, 3.05) is 0 Å². The highest BCUT2D eigenvalue weighted by Crippen LogP contribution is 2.54. The molecule has 0 bridgehead atoms. The van der Waals surface area contributed by atoms with Gasteiger partial charge in [-0.15, -0.1) is 11.5 Å². The van der Waals surface area contributed by atoms with Crippen molar-refractivity contribution < 1.29 is 4.84 Å². The molecular weight excluding hydrogens is 234 g/mol. The topological polar surface area (TPSA) is 12.5 Å². The highest BCUT2D eigenvalue weighted by atomic mass is 16.7. The van der Waals surface area contributed by atoms with Crippen LogP contribution in [0, 0.1) is 17.8 Å². The Hall–Kier alpha value is -1.20. The number of hydrogen-bond donors (Lipinski definition) is 0. The molecule has 2 heteroatoms. The van der Waals surface area contributed by atoms with E-state index in [4.69, 9.17) is 11.3 Å². The van der Waals surface area contributed by atoms with E-state index < -0.39 is 0 Å². The molecule has 1 unspecified atom stereocenters. The van der Waals surface area contributed by atoms with Crippen molar-refractivity contribution in [1.29, 1.82) is 0 Å². The number of rotatable bonds is 1. The Kier molecular flexibility index (Phi) is 3.10. The number of hydroxylamine groups is 2. The lowest BCUT2D eigenvalue weighted by molar-refractivity contribution is -0.191. The minimum atomic E-state index is -0.0561. The minimum Gasteiger partial charge on any atom is -0.408 e. The summed E-state index contributed by atoms with van der Waals surface area (Å²) in [6, 6.07) is 0. The lowest BCUT2D eigenvalue weighted by Gasteiger charge is -2.35. The zero-order valence-electron chi connectivity index (χ0n) is 13.0. The Morgan fingerprint density at radius 3 is 2.42 bits per heavy atom. The van der Waals surface area contributed by atoms with E-state index in [1.165, 1.54) is 5.57 Å². The first-order valence-electron chi connectivity index (χ1n) is 6.99. The van der Waals surface area contributed by atoms with Gasteiger partial charge in [-0.05, 0) is 45.8 Å². The first-order valence-corrected chi connectivity index (χ1v) is 6.99. The summed E-state index contributed by atoms with van der Waals surface area (Å²) in [6.07, 6.45) is 11.5. The van der Waals surface area contributed by atoms with E-state index in [1.807, 2.05) is 0 Å². The van der Waals surface area contributed by atoms with Crippen LogP contribution in [0.1, 0.15) is 54.4 Å². The largest absolute Gasteiger partial charge is 0.408 e. The third kappa shape index (κ3) is 2.11. The molecule has 0 aliphatic carbocycles. The van der Waals surface area contributed by atoms with E-state index in [2.05, 4.69) is 58.6 Å². The van der Waals surface area contributed by atoms with Gasteiger partial charge >= 0.3 is 0 Å². The van der Waals surface area contributed by atoms with Gasteiger partial charge in [-0.1, -0.05) is 26.7 Å². The van der Waals surface area contributed by atoms with Gasteiger partial charge in [0, 0.05) is 11.0 Å². The highest BCUT2D eigenvalue weighted by Gasteiger charge is 2.57. The second-order valence-corrected chi connectivity index (χ2v) is 7.46. The molecule has 0 aromatic carbocycles. The van der Waals surface area contributed by atoms with Gasteiger partial charge in [-0.25, -0.2) is 0 Å². The molecule has 0 aromatic rings. The number of allylic oxidation sites excluding steroid dienone is 2. The van der Waals surface area contributed by atoms with Crippen LogP contribution in [0.2, 0.25) is 0 Å². The van der Waals surface area contributed by atoms with Crippen LogP contribution in [0.4, 0.5) is 0 Å². The molecular formula is C17H25NO. The van der Waals surface area contributed by atoms with Crippen LogP contribution in [0.5, 0.6) is 0 Å². The maximum atomic E-state index is 6.27. The van der Waals surface area contributed by atoms with E-state index in [0.29, 0.717) is 0 Å². The Balaban J connectivity index is 2.53. The van der Waals surface area contributed by atoms with E-state index in [-0.39, 0.29) is 16.5 Å². The van der Waals surface area contributed by atoms with Crippen LogP contribution >= 0.6 is 0 Å². The van der Waals surface area contributed by atoms with Gasteiger partial charge < -0.3 is 4.84 Å². The number of terminal acetylenes is 1. The van der Waals surface area contributed by atoms with Crippen LogP contribution in [0.3, 0.4) is 0 Å². The third-order valence-electron chi connectivity index (χ3n) is 4.26. The van der Waals surface area contributed by atoms with Crippen molar-refractivity contribution in [1.82, 2.24) is 5.06 Å². The van der Waals surface area contributed by atoms with Crippen LogP contribution in [-0.4, -0.2) is 16.1 Å². The fraction of sp³-hybridized carbons (Fsp3) is 0.647. The van der Waals surface area contributed by atoms with Crippen molar-refractivity contribution in [3.63, 3.8) is 0 Å². The van der Waals surface area contributed by atoms with Gasteiger partial charge in [-0.2, -0.15) is 0 Å². The summed E-state index contributed by atoms with van der Waals surface area (Å²) in [7, 11) is 0. The molecule has 1 atom stereocenters. The molecule has 0 spiro atoms. The maximum absolute atomic E-state index is 6.27. The van der Waals surface area contributed by atoms with Crippen molar-refractivity contribution in [3.8, 4) is 12.3 Å². The van der Waals surface area contributed by atoms with Crippen LogP contribution in [-0.2, 0) is 4.84 Å². The quantitative estimate of drug-likeness (QED) is 0.659. The van der Waals surface area contributed by atoms with Gasteiger partial charge in [0.05, 0.1) is 11.1 Å². The van der Waals surface area contributed by atoms with Gasteiger partial charge in [0.15, 0.2) is 0 Å². The Labute approximate surface area is 117 Å². The first-order chi connectivity index (χ1) is 8.63. The molecule has 0 N–H and O–H groups in total. The predicted molar refractivity (Wildman–Crippen MR) is 79.1 cm³/mol. The molecule has 19 heavy (non-hydrogen) atoms. The summed E-state index contributed by atoms with van der Waals surface area (Å²) in [4.78, 5) is 6.27. The lowest BCUT2D eigenvalue weighted by atomic mass is 9.82. The molecule has 0 amide bonds. The van der Waals surface area contributed by atoms with Crippen LogP contribution in [0.15, 0.2) is 23.5 Å². The summed E-state index contributed by atoms with van der Waals surface area (Å²) in [6.45, 7) is 13.3. The summed E-state index contributed by atoms with van der Waals surface area (Å²) in [5.41, 5.74) is 1.23. The SMILES string of the molecule is C#C/C=C\C1=C(C(C)(C)C)ON2C(C)(C)CCC12C. The monoisotopic (exact) mass is 259 g/mol. The molecule has 1 fully saturated rings. The minimum absolute atomic E-state index is 0.0162. The first kappa shape index (κ1) is 14.2. The average molecular weight is 259 g/mol. The summed E-state index contributed by atoms with van der Waals surface area (Å²) in [5, 5.41) is 2.18. The zero-order valence-corrected chi connectivity index (χ0v) is 13.0. The summed E-state index contributed by atoms with van der Waals surface area (Å²) >= 11 is 0. The van der Waals surface area contributed by atoms with Gasteiger partial charge in [0.2, 0.25) is 0 Å². The second kappa shape index (κ2) is 4.15. The molecule has 2 rings (SSSR count). The van der Waals surface area contributed by atoms with Gasteiger partial charge in [-0.3, -0.25) is 0 Å². The predicted octanol–water partition coefficient (Wildman–Crippen LogP) is 4.05. The fourth-order valence-electron chi connectivity index (χ4n) is 3.20. The van der Waals surface area contributed by atoms with Crippen molar-refractivity contribution >= 4 is 0 Å². The molecule has 2 aliphatic heterocycles. The van der Waals surface area contributed by atoms with E-state index in [0.717, 1.165) is 18.6 Å². The number of fused-ring (bicyclic) bond motifs is 1. The third-order valence-corrected chi connectivity index (χ3v) is 4.26. The van der Waals surface area contributed by atoms with Gasteiger partial charge in [0.25, 0.3) is 0 Å². The Bertz CT molecular complexity index is 484. The van der Waals surface area contributed by atoms with E-state index >= 15 is 0 Å². The van der Waals surface area contributed by atoms with Crippen molar-refractivity contribution in [2.24, 2.45) is 5.41 Å². The normalized spacial score (nSPS) is 30.6.